The third-order valence-electron chi connectivity index (χ3n) is 5.38. The number of likely N-dealkylation sites (tertiary alicyclic amines) is 1. The lowest BCUT2D eigenvalue weighted by atomic mass is 10.0. The monoisotopic (exact) mass is 368 g/mol. The molecule has 2 saturated heterocycles. The van der Waals surface area contributed by atoms with E-state index in [1.807, 2.05) is 0 Å². The molecule has 0 bridgehead atoms. The predicted octanol–water partition coefficient (Wildman–Crippen LogP) is 2.25. The maximum absolute atomic E-state index is 5.84. The summed E-state index contributed by atoms with van der Waals surface area (Å²) >= 11 is 0. The molecule has 6 heteroatoms. The Bertz CT molecular complexity index is 380. The molecule has 2 heterocycles. The van der Waals surface area contributed by atoms with Crippen LogP contribution < -0.4 is 10.6 Å². The fraction of sp³-hybridized carbons (Fsp3) is 0.950. The van der Waals surface area contributed by atoms with Crippen LogP contribution in [0.25, 0.3) is 0 Å². The van der Waals surface area contributed by atoms with E-state index in [0.717, 1.165) is 71.3 Å². The Kier molecular flexibility index (Phi) is 11.0. The first-order valence-corrected chi connectivity index (χ1v) is 10.7. The lowest BCUT2D eigenvalue weighted by Gasteiger charge is -2.25. The van der Waals surface area contributed by atoms with Crippen LogP contribution >= 0.6 is 0 Å². The predicted molar refractivity (Wildman–Crippen MR) is 108 cm³/mol. The van der Waals surface area contributed by atoms with Crippen LogP contribution in [0.4, 0.5) is 0 Å². The molecule has 0 saturated carbocycles. The molecule has 0 aliphatic carbocycles. The van der Waals surface area contributed by atoms with Crippen molar-refractivity contribution >= 4 is 5.96 Å². The molecule has 1 unspecified atom stereocenters. The third-order valence-corrected chi connectivity index (χ3v) is 5.38. The molecule has 0 aromatic heterocycles. The highest BCUT2D eigenvalue weighted by molar-refractivity contribution is 5.79. The molecule has 0 aromatic carbocycles. The Hall–Kier alpha value is -0.850. The summed E-state index contributed by atoms with van der Waals surface area (Å²) in [5, 5.41) is 6.81. The highest BCUT2D eigenvalue weighted by Crippen LogP contribution is 2.15. The van der Waals surface area contributed by atoms with Crippen LogP contribution in [-0.2, 0) is 9.47 Å². The number of guanidine groups is 1. The van der Waals surface area contributed by atoms with Gasteiger partial charge in [-0.05, 0) is 64.5 Å². The van der Waals surface area contributed by atoms with E-state index in [1.165, 1.54) is 32.4 Å². The minimum Gasteiger partial charge on any atom is -0.381 e. The zero-order valence-electron chi connectivity index (χ0n) is 17.0. The summed E-state index contributed by atoms with van der Waals surface area (Å²) in [5.74, 6) is 1.63. The molecule has 0 amide bonds. The topological polar surface area (TPSA) is 58.1 Å². The molecule has 1 atom stereocenters. The summed E-state index contributed by atoms with van der Waals surface area (Å²) in [6, 6.07) is 0.579. The fourth-order valence-corrected chi connectivity index (χ4v) is 3.69. The highest BCUT2D eigenvalue weighted by atomic mass is 16.5. The van der Waals surface area contributed by atoms with Crippen molar-refractivity contribution < 1.29 is 9.47 Å². The molecule has 0 radical (unpaired) electrons. The van der Waals surface area contributed by atoms with E-state index in [1.54, 1.807) is 0 Å². The second kappa shape index (κ2) is 13.3. The molecule has 26 heavy (non-hydrogen) atoms. The van der Waals surface area contributed by atoms with Crippen LogP contribution in [0.2, 0.25) is 0 Å². The van der Waals surface area contributed by atoms with Crippen molar-refractivity contribution in [3.63, 3.8) is 0 Å². The Morgan fingerprint density at radius 3 is 2.65 bits per heavy atom. The summed E-state index contributed by atoms with van der Waals surface area (Å²) in [7, 11) is 0. The number of rotatable bonds is 11. The zero-order chi connectivity index (χ0) is 18.5. The van der Waals surface area contributed by atoms with Gasteiger partial charge in [0.05, 0.1) is 6.54 Å². The standard InChI is InChI=1S/C20H40N4O2/c1-3-19(24-11-5-6-12-24)16-23-20(21-4-2)22-10-7-13-26-17-18-8-14-25-15-9-18/h18-19H,3-17H2,1-2H3,(H2,21,22,23). The maximum Gasteiger partial charge on any atom is 0.191 e. The van der Waals surface area contributed by atoms with Crippen molar-refractivity contribution in [2.24, 2.45) is 10.9 Å². The van der Waals surface area contributed by atoms with Gasteiger partial charge < -0.3 is 20.1 Å². The second-order valence-corrected chi connectivity index (χ2v) is 7.44. The van der Waals surface area contributed by atoms with Crippen LogP contribution in [0.1, 0.15) is 52.4 Å². The molecule has 2 aliphatic rings. The van der Waals surface area contributed by atoms with Crippen LogP contribution in [-0.4, -0.2) is 76.1 Å². The molecule has 2 fully saturated rings. The van der Waals surface area contributed by atoms with Crippen LogP contribution in [0.15, 0.2) is 4.99 Å². The maximum atomic E-state index is 5.84. The van der Waals surface area contributed by atoms with E-state index in [-0.39, 0.29) is 0 Å². The van der Waals surface area contributed by atoms with E-state index < -0.39 is 0 Å². The van der Waals surface area contributed by atoms with Gasteiger partial charge in [0.15, 0.2) is 5.96 Å². The zero-order valence-corrected chi connectivity index (χ0v) is 17.0. The first-order chi connectivity index (χ1) is 12.8. The van der Waals surface area contributed by atoms with E-state index in [2.05, 4.69) is 29.4 Å². The number of hydrogen-bond acceptors (Lipinski definition) is 4. The van der Waals surface area contributed by atoms with Gasteiger partial charge in [-0.3, -0.25) is 9.89 Å². The minimum absolute atomic E-state index is 0.579. The third kappa shape index (κ3) is 8.23. The molecule has 2 aliphatic heterocycles. The van der Waals surface area contributed by atoms with Gasteiger partial charge in [0.25, 0.3) is 0 Å². The van der Waals surface area contributed by atoms with Crippen molar-refractivity contribution in [1.29, 1.82) is 0 Å². The van der Waals surface area contributed by atoms with Gasteiger partial charge in [0, 0.05) is 45.6 Å². The Morgan fingerprint density at radius 2 is 1.96 bits per heavy atom. The fourth-order valence-electron chi connectivity index (χ4n) is 3.69. The molecule has 2 rings (SSSR count). The SMILES string of the molecule is CCNC(=NCC(CC)N1CCCC1)NCCCOCC1CCOCC1. The number of hydrogen-bond donors (Lipinski definition) is 2. The van der Waals surface area contributed by atoms with Gasteiger partial charge in [0.2, 0.25) is 0 Å². The van der Waals surface area contributed by atoms with Gasteiger partial charge in [-0.15, -0.1) is 0 Å². The average molecular weight is 369 g/mol. The Labute approximate surface area is 160 Å². The number of ether oxygens (including phenoxy) is 2. The van der Waals surface area contributed by atoms with Gasteiger partial charge in [-0.1, -0.05) is 6.92 Å². The van der Waals surface area contributed by atoms with Crippen molar-refractivity contribution in [2.75, 3.05) is 59.2 Å². The molecule has 0 aromatic rings. The number of aliphatic imine (C=N–C) groups is 1. The molecule has 0 spiro atoms. The van der Waals surface area contributed by atoms with Crippen molar-refractivity contribution in [2.45, 2.75) is 58.4 Å². The Balaban J connectivity index is 1.60. The molecular formula is C20H40N4O2. The first-order valence-electron chi connectivity index (χ1n) is 10.7. The minimum atomic E-state index is 0.579. The Morgan fingerprint density at radius 1 is 1.19 bits per heavy atom. The highest BCUT2D eigenvalue weighted by Gasteiger charge is 2.20. The normalized spacial score (nSPS) is 21.1. The van der Waals surface area contributed by atoms with E-state index in [4.69, 9.17) is 14.5 Å². The number of nitrogens with zero attached hydrogens (tertiary/aromatic N) is 2. The van der Waals surface area contributed by atoms with E-state index >= 15 is 0 Å². The van der Waals surface area contributed by atoms with Crippen LogP contribution in [0.5, 0.6) is 0 Å². The quantitative estimate of drug-likeness (QED) is 0.333. The first kappa shape index (κ1) is 21.5. The molecule has 2 N–H and O–H groups in total. The van der Waals surface area contributed by atoms with E-state index in [9.17, 15) is 0 Å². The lowest BCUT2D eigenvalue weighted by Crippen LogP contribution is -2.40. The summed E-state index contributed by atoms with van der Waals surface area (Å²) in [4.78, 5) is 7.41. The van der Waals surface area contributed by atoms with Crippen LogP contribution in [0.3, 0.4) is 0 Å². The largest absolute Gasteiger partial charge is 0.381 e. The van der Waals surface area contributed by atoms with Gasteiger partial charge in [0.1, 0.15) is 0 Å². The lowest BCUT2D eigenvalue weighted by molar-refractivity contribution is 0.0203. The van der Waals surface area contributed by atoms with E-state index in [0.29, 0.717) is 12.0 Å². The van der Waals surface area contributed by atoms with Gasteiger partial charge in [-0.2, -0.15) is 0 Å². The summed E-state index contributed by atoms with van der Waals surface area (Å²) in [6.07, 6.45) is 7.15. The molecular weight excluding hydrogens is 328 g/mol. The van der Waals surface area contributed by atoms with Gasteiger partial charge >= 0.3 is 0 Å². The van der Waals surface area contributed by atoms with Crippen LogP contribution in [0, 0.1) is 5.92 Å². The summed E-state index contributed by atoms with van der Waals surface area (Å²) in [6.45, 7) is 13.0. The summed E-state index contributed by atoms with van der Waals surface area (Å²) < 4.78 is 11.2. The smallest absolute Gasteiger partial charge is 0.191 e. The molecule has 6 nitrogen and oxygen atoms in total. The van der Waals surface area contributed by atoms with Crippen molar-refractivity contribution in [1.82, 2.24) is 15.5 Å². The average Bonchev–Trinajstić information content (AvgIpc) is 3.20. The second-order valence-electron chi connectivity index (χ2n) is 7.44. The van der Waals surface area contributed by atoms with Crippen molar-refractivity contribution in [3.8, 4) is 0 Å². The van der Waals surface area contributed by atoms with Crippen molar-refractivity contribution in [3.05, 3.63) is 0 Å². The molecule has 152 valence electrons. The van der Waals surface area contributed by atoms with Gasteiger partial charge in [-0.25, -0.2) is 0 Å². The number of nitrogens with one attached hydrogen (secondary N) is 2. The summed E-state index contributed by atoms with van der Waals surface area (Å²) in [5.41, 5.74) is 0.